The van der Waals surface area contributed by atoms with E-state index in [0.717, 1.165) is 16.9 Å². The van der Waals surface area contributed by atoms with Crippen LogP contribution in [0.25, 0.3) is 11.4 Å². The Kier molecular flexibility index (Phi) is 5.62. The van der Waals surface area contributed by atoms with Gasteiger partial charge in [-0.15, -0.1) is 10.2 Å². The standard InChI is InChI=1S/C19H17F4N5O/c1-12(18(29)27(2)11-13-5-3-8-16(20)9-13)28-25-17(24-26-28)14-6-4-7-15(10-14)19(21,22)23/h3-10,12H,11H2,1-2H3. The first-order chi connectivity index (χ1) is 13.6. The molecule has 29 heavy (non-hydrogen) atoms. The first-order valence-corrected chi connectivity index (χ1v) is 8.61. The van der Waals surface area contributed by atoms with Crippen molar-refractivity contribution in [2.45, 2.75) is 25.7 Å². The second-order valence-electron chi connectivity index (χ2n) is 6.51. The van der Waals surface area contributed by atoms with Crippen LogP contribution in [0.1, 0.15) is 24.1 Å². The number of hydrogen-bond donors (Lipinski definition) is 0. The number of carbonyl (C=O) groups is 1. The highest BCUT2D eigenvalue weighted by atomic mass is 19.4. The minimum atomic E-state index is -4.49. The van der Waals surface area contributed by atoms with Gasteiger partial charge >= 0.3 is 6.18 Å². The van der Waals surface area contributed by atoms with Crippen molar-refractivity contribution in [2.75, 3.05) is 7.05 Å². The van der Waals surface area contributed by atoms with Crippen molar-refractivity contribution in [2.24, 2.45) is 0 Å². The van der Waals surface area contributed by atoms with Gasteiger partial charge in [0, 0.05) is 19.2 Å². The number of benzene rings is 2. The largest absolute Gasteiger partial charge is 0.416 e. The Morgan fingerprint density at radius 1 is 1.17 bits per heavy atom. The van der Waals surface area contributed by atoms with Gasteiger partial charge in [0.25, 0.3) is 0 Å². The Balaban J connectivity index is 1.75. The van der Waals surface area contributed by atoms with E-state index in [4.69, 9.17) is 0 Å². The van der Waals surface area contributed by atoms with Crippen molar-refractivity contribution in [3.05, 3.63) is 65.5 Å². The molecule has 0 spiro atoms. The van der Waals surface area contributed by atoms with Crippen LogP contribution in [0, 0.1) is 5.82 Å². The van der Waals surface area contributed by atoms with Crippen LogP contribution in [0.2, 0.25) is 0 Å². The fraction of sp³-hybridized carbons (Fsp3) is 0.263. The van der Waals surface area contributed by atoms with Crippen LogP contribution in [0.15, 0.2) is 48.5 Å². The highest BCUT2D eigenvalue weighted by molar-refractivity contribution is 5.79. The number of likely N-dealkylation sites (N-methyl/N-ethyl adjacent to an activating group) is 1. The lowest BCUT2D eigenvalue weighted by Crippen LogP contribution is -2.33. The number of alkyl halides is 3. The topological polar surface area (TPSA) is 63.9 Å². The summed E-state index contributed by atoms with van der Waals surface area (Å²) in [4.78, 5) is 15.0. The molecular formula is C19H17F4N5O. The Labute approximate surface area is 163 Å². The molecule has 1 aromatic heterocycles. The lowest BCUT2D eigenvalue weighted by Gasteiger charge is -2.20. The van der Waals surface area contributed by atoms with Gasteiger partial charge in [-0.25, -0.2) is 4.39 Å². The van der Waals surface area contributed by atoms with E-state index < -0.39 is 23.6 Å². The van der Waals surface area contributed by atoms with Crippen LogP contribution in [-0.4, -0.2) is 38.1 Å². The number of halogens is 4. The molecule has 6 nitrogen and oxygen atoms in total. The predicted molar refractivity (Wildman–Crippen MR) is 95.8 cm³/mol. The molecule has 3 rings (SSSR count). The number of tetrazole rings is 1. The van der Waals surface area contributed by atoms with Crippen molar-refractivity contribution in [3.63, 3.8) is 0 Å². The Morgan fingerprint density at radius 2 is 1.90 bits per heavy atom. The van der Waals surface area contributed by atoms with Crippen LogP contribution in [-0.2, 0) is 17.5 Å². The zero-order chi connectivity index (χ0) is 21.2. The Morgan fingerprint density at radius 3 is 2.59 bits per heavy atom. The van der Waals surface area contributed by atoms with E-state index in [9.17, 15) is 22.4 Å². The van der Waals surface area contributed by atoms with Crippen LogP contribution in [0.4, 0.5) is 17.6 Å². The maximum atomic E-state index is 13.3. The molecule has 0 aliphatic carbocycles. The molecule has 0 fully saturated rings. The summed E-state index contributed by atoms with van der Waals surface area (Å²) in [6, 6.07) is 9.57. The Hall–Kier alpha value is -3.30. The predicted octanol–water partition coefficient (Wildman–Crippen LogP) is 3.72. The Bertz CT molecular complexity index is 1020. The van der Waals surface area contributed by atoms with Gasteiger partial charge in [0.05, 0.1) is 5.56 Å². The fourth-order valence-corrected chi connectivity index (χ4v) is 2.74. The van der Waals surface area contributed by atoms with Gasteiger partial charge in [0.1, 0.15) is 11.9 Å². The van der Waals surface area contributed by atoms with Crippen molar-refractivity contribution in [1.82, 2.24) is 25.1 Å². The molecule has 2 aromatic carbocycles. The van der Waals surface area contributed by atoms with Gasteiger partial charge in [-0.1, -0.05) is 24.3 Å². The maximum absolute atomic E-state index is 13.3. The summed E-state index contributed by atoms with van der Waals surface area (Å²) in [6.07, 6.45) is -4.49. The van der Waals surface area contributed by atoms with E-state index in [-0.39, 0.29) is 23.8 Å². The van der Waals surface area contributed by atoms with E-state index in [1.165, 1.54) is 29.2 Å². The number of hydrogen-bond acceptors (Lipinski definition) is 4. The molecule has 1 amide bonds. The molecule has 3 aromatic rings. The van der Waals surface area contributed by atoms with Crippen molar-refractivity contribution in [3.8, 4) is 11.4 Å². The molecule has 0 aliphatic rings. The monoisotopic (exact) mass is 407 g/mol. The molecule has 0 aliphatic heterocycles. The summed E-state index contributed by atoms with van der Waals surface area (Å²) in [6.45, 7) is 1.72. The first kappa shape index (κ1) is 20.4. The van der Waals surface area contributed by atoms with Gasteiger partial charge < -0.3 is 4.90 Å². The van der Waals surface area contributed by atoms with Gasteiger partial charge in [0.15, 0.2) is 0 Å². The van der Waals surface area contributed by atoms with Crippen molar-refractivity contribution < 1.29 is 22.4 Å². The number of aromatic nitrogens is 4. The van der Waals surface area contributed by atoms with Gasteiger partial charge in [-0.2, -0.15) is 18.0 Å². The van der Waals surface area contributed by atoms with Gasteiger partial charge in [-0.3, -0.25) is 4.79 Å². The lowest BCUT2D eigenvalue weighted by molar-refractivity contribution is -0.137. The lowest BCUT2D eigenvalue weighted by atomic mass is 10.1. The van der Waals surface area contributed by atoms with E-state index in [1.807, 2.05) is 0 Å². The van der Waals surface area contributed by atoms with Crippen LogP contribution in [0.5, 0.6) is 0 Å². The van der Waals surface area contributed by atoms with Crippen LogP contribution in [0.3, 0.4) is 0 Å². The van der Waals surface area contributed by atoms with E-state index in [2.05, 4.69) is 15.4 Å². The average molecular weight is 407 g/mol. The zero-order valence-electron chi connectivity index (χ0n) is 15.6. The van der Waals surface area contributed by atoms with E-state index >= 15 is 0 Å². The molecule has 0 N–H and O–H groups in total. The minimum Gasteiger partial charge on any atom is -0.340 e. The molecule has 1 unspecified atom stereocenters. The number of nitrogens with zero attached hydrogens (tertiary/aromatic N) is 5. The molecule has 152 valence electrons. The fourth-order valence-electron chi connectivity index (χ4n) is 2.74. The maximum Gasteiger partial charge on any atom is 0.416 e. The highest BCUT2D eigenvalue weighted by Gasteiger charge is 2.31. The molecule has 1 heterocycles. The molecule has 10 heteroatoms. The summed E-state index contributed by atoms with van der Waals surface area (Å²) in [5, 5.41) is 11.6. The summed E-state index contributed by atoms with van der Waals surface area (Å²) in [5.41, 5.74) is -0.0756. The first-order valence-electron chi connectivity index (χ1n) is 8.61. The number of amides is 1. The van der Waals surface area contributed by atoms with E-state index in [0.29, 0.717) is 5.56 Å². The second kappa shape index (κ2) is 7.98. The smallest absolute Gasteiger partial charge is 0.340 e. The summed E-state index contributed by atoms with van der Waals surface area (Å²) >= 11 is 0. The molecule has 0 saturated heterocycles. The third kappa shape index (κ3) is 4.76. The normalized spacial score (nSPS) is 12.6. The van der Waals surface area contributed by atoms with Gasteiger partial charge in [-0.05, 0) is 42.0 Å². The van der Waals surface area contributed by atoms with Gasteiger partial charge in [0.2, 0.25) is 11.7 Å². The molecule has 0 saturated carbocycles. The third-order valence-corrected chi connectivity index (χ3v) is 4.27. The van der Waals surface area contributed by atoms with Crippen LogP contribution < -0.4 is 0 Å². The average Bonchev–Trinajstić information content (AvgIpc) is 3.16. The summed E-state index contributed by atoms with van der Waals surface area (Å²) < 4.78 is 51.9. The second-order valence-corrected chi connectivity index (χ2v) is 6.51. The number of rotatable bonds is 5. The molecule has 0 bridgehead atoms. The molecular weight excluding hydrogens is 390 g/mol. The zero-order valence-corrected chi connectivity index (χ0v) is 15.6. The van der Waals surface area contributed by atoms with Crippen molar-refractivity contribution >= 4 is 5.91 Å². The van der Waals surface area contributed by atoms with Crippen molar-refractivity contribution in [1.29, 1.82) is 0 Å². The molecule has 0 radical (unpaired) electrons. The van der Waals surface area contributed by atoms with E-state index in [1.54, 1.807) is 26.1 Å². The summed E-state index contributed by atoms with van der Waals surface area (Å²) in [7, 11) is 1.55. The molecule has 1 atom stereocenters. The number of carbonyl (C=O) groups excluding carboxylic acids is 1. The van der Waals surface area contributed by atoms with Crippen LogP contribution >= 0.6 is 0 Å². The SMILES string of the molecule is CC(C(=O)N(C)Cc1cccc(F)c1)n1nnc(-c2cccc(C(F)(F)F)c2)n1. The highest BCUT2D eigenvalue weighted by Crippen LogP contribution is 2.31. The minimum absolute atomic E-state index is 0.0245. The third-order valence-electron chi connectivity index (χ3n) is 4.27. The quantitative estimate of drug-likeness (QED) is 0.605. The summed E-state index contributed by atoms with van der Waals surface area (Å²) in [5.74, 6) is -0.786.